The minimum Gasteiger partial charge on any atom is -0.465 e. The second kappa shape index (κ2) is 6.72. The van der Waals surface area contributed by atoms with Crippen LogP contribution in [0.15, 0.2) is 12.1 Å². The Morgan fingerprint density at radius 3 is 2.70 bits per heavy atom. The molecule has 126 valence electrons. The number of nitrogens with two attached hydrogens (primary N) is 1. The predicted molar refractivity (Wildman–Crippen MR) is 83.2 cm³/mol. The number of halogens is 1. The number of ether oxygens (including phenoxy) is 1. The molecular formula is C15H20FN3O4. The molecule has 1 aliphatic heterocycles. The van der Waals surface area contributed by atoms with Crippen LogP contribution in [0.25, 0.3) is 0 Å². The van der Waals surface area contributed by atoms with Crippen molar-refractivity contribution >= 4 is 23.4 Å². The molecule has 0 spiro atoms. The summed E-state index contributed by atoms with van der Waals surface area (Å²) in [6, 6.07) is 2.81. The Morgan fingerprint density at radius 2 is 2.13 bits per heavy atom. The normalized spacial score (nSPS) is 18.0. The summed E-state index contributed by atoms with van der Waals surface area (Å²) in [4.78, 5) is 26.3. The van der Waals surface area contributed by atoms with Crippen LogP contribution in [0.1, 0.15) is 23.7 Å². The van der Waals surface area contributed by atoms with Crippen LogP contribution in [0, 0.1) is 5.82 Å². The van der Waals surface area contributed by atoms with Crippen LogP contribution in [-0.4, -0.2) is 54.9 Å². The van der Waals surface area contributed by atoms with Gasteiger partial charge in [0.15, 0.2) is 5.82 Å². The van der Waals surface area contributed by atoms with Gasteiger partial charge in [-0.05, 0) is 18.6 Å². The van der Waals surface area contributed by atoms with Gasteiger partial charge in [0, 0.05) is 25.7 Å². The van der Waals surface area contributed by atoms with Gasteiger partial charge in [0.1, 0.15) is 5.56 Å². The van der Waals surface area contributed by atoms with Crippen LogP contribution in [-0.2, 0) is 4.74 Å². The van der Waals surface area contributed by atoms with Crippen LogP contribution >= 0.6 is 0 Å². The Labute approximate surface area is 133 Å². The number of benzene rings is 1. The van der Waals surface area contributed by atoms with E-state index in [0.717, 1.165) is 0 Å². The number of nitrogen functional groups attached to an aromatic ring is 1. The first-order valence-electron chi connectivity index (χ1n) is 7.31. The van der Waals surface area contributed by atoms with E-state index in [1.165, 1.54) is 18.1 Å². The SMILES string of the molecule is CC[C@@H]1CN(C(=O)O)CCN1c1ccc(N)c(F)c1C(=O)OC. The maximum absolute atomic E-state index is 14.3. The lowest BCUT2D eigenvalue weighted by molar-refractivity contribution is 0.0595. The molecule has 1 aromatic carbocycles. The topological polar surface area (TPSA) is 96.1 Å². The number of nitrogens with zero attached hydrogens (tertiary/aromatic N) is 2. The molecule has 0 saturated carbocycles. The van der Waals surface area contributed by atoms with E-state index in [4.69, 9.17) is 10.8 Å². The van der Waals surface area contributed by atoms with E-state index in [-0.39, 0.29) is 23.8 Å². The number of amides is 1. The summed E-state index contributed by atoms with van der Waals surface area (Å²) in [5, 5.41) is 9.13. The third kappa shape index (κ3) is 3.15. The maximum Gasteiger partial charge on any atom is 0.407 e. The molecule has 1 aromatic rings. The van der Waals surface area contributed by atoms with Crippen LogP contribution in [0.2, 0.25) is 0 Å². The van der Waals surface area contributed by atoms with E-state index >= 15 is 0 Å². The Balaban J connectivity index is 2.43. The van der Waals surface area contributed by atoms with Gasteiger partial charge in [-0.15, -0.1) is 0 Å². The fourth-order valence-electron chi connectivity index (χ4n) is 2.81. The Kier molecular flexibility index (Phi) is 4.92. The van der Waals surface area contributed by atoms with E-state index < -0.39 is 17.9 Å². The second-order valence-electron chi connectivity index (χ2n) is 5.34. The lowest BCUT2D eigenvalue weighted by Gasteiger charge is -2.42. The maximum atomic E-state index is 14.3. The Morgan fingerprint density at radius 1 is 1.43 bits per heavy atom. The molecule has 1 atom stereocenters. The lowest BCUT2D eigenvalue weighted by atomic mass is 10.0. The fraction of sp³-hybridized carbons (Fsp3) is 0.467. The van der Waals surface area contributed by atoms with Crippen molar-refractivity contribution in [2.45, 2.75) is 19.4 Å². The number of hydrogen-bond acceptors (Lipinski definition) is 5. The molecule has 0 unspecified atom stereocenters. The highest BCUT2D eigenvalue weighted by Gasteiger charge is 2.32. The summed E-state index contributed by atoms with van der Waals surface area (Å²) in [7, 11) is 1.18. The molecule has 0 bridgehead atoms. The first-order valence-corrected chi connectivity index (χ1v) is 7.31. The second-order valence-corrected chi connectivity index (χ2v) is 5.34. The zero-order valence-electron chi connectivity index (χ0n) is 13.1. The van der Waals surface area contributed by atoms with Crippen LogP contribution < -0.4 is 10.6 Å². The summed E-state index contributed by atoms with van der Waals surface area (Å²) < 4.78 is 19.0. The lowest BCUT2D eigenvalue weighted by Crippen LogP contribution is -2.54. The zero-order valence-corrected chi connectivity index (χ0v) is 13.1. The van der Waals surface area contributed by atoms with Crippen molar-refractivity contribution in [1.29, 1.82) is 0 Å². The average molecular weight is 325 g/mol. The van der Waals surface area contributed by atoms with Gasteiger partial charge in [0.2, 0.25) is 0 Å². The number of anilines is 2. The number of rotatable bonds is 3. The number of methoxy groups -OCH3 is 1. The number of esters is 1. The predicted octanol–water partition coefficient (Wildman–Crippen LogP) is 1.77. The third-order valence-corrected chi connectivity index (χ3v) is 4.07. The van der Waals surface area contributed by atoms with E-state index in [1.807, 2.05) is 11.8 Å². The molecule has 1 fully saturated rings. The van der Waals surface area contributed by atoms with Gasteiger partial charge in [-0.3, -0.25) is 0 Å². The molecule has 7 nitrogen and oxygen atoms in total. The molecule has 23 heavy (non-hydrogen) atoms. The molecule has 1 aliphatic rings. The molecule has 3 N–H and O–H groups in total. The quantitative estimate of drug-likeness (QED) is 0.649. The summed E-state index contributed by atoms with van der Waals surface area (Å²) in [5.41, 5.74) is 5.58. The molecule has 0 aliphatic carbocycles. The molecule has 0 radical (unpaired) electrons. The van der Waals surface area contributed by atoms with Crippen LogP contribution in [0.5, 0.6) is 0 Å². The Hall–Kier alpha value is -2.51. The van der Waals surface area contributed by atoms with E-state index in [9.17, 15) is 14.0 Å². The van der Waals surface area contributed by atoms with Gasteiger partial charge >= 0.3 is 12.1 Å². The number of carbonyl (C=O) groups excluding carboxylic acids is 1. The largest absolute Gasteiger partial charge is 0.465 e. The fourth-order valence-corrected chi connectivity index (χ4v) is 2.81. The summed E-state index contributed by atoms with van der Waals surface area (Å²) in [6.45, 7) is 2.84. The summed E-state index contributed by atoms with van der Waals surface area (Å²) in [5.74, 6) is -1.62. The minimum atomic E-state index is -0.986. The molecule has 1 amide bonds. The molecule has 1 saturated heterocycles. The van der Waals surface area contributed by atoms with Crippen molar-refractivity contribution in [1.82, 2.24) is 4.90 Å². The average Bonchev–Trinajstić information content (AvgIpc) is 2.55. The molecule has 1 heterocycles. The summed E-state index contributed by atoms with van der Waals surface area (Å²) >= 11 is 0. The van der Waals surface area contributed by atoms with Crippen molar-refractivity contribution in [3.8, 4) is 0 Å². The van der Waals surface area contributed by atoms with Gasteiger partial charge in [-0.1, -0.05) is 6.92 Å². The van der Waals surface area contributed by atoms with E-state index in [1.54, 1.807) is 6.07 Å². The highest BCUT2D eigenvalue weighted by molar-refractivity contribution is 5.97. The molecule has 0 aromatic heterocycles. The van der Waals surface area contributed by atoms with Gasteiger partial charge in [-0.25, -0.2) is 14.0 Å². The third-order valence-electron chi connectivity index (χ3n) is 4.07. The van der Waals surface area contributed by atoms with Crippen molar-refractivity contribution in [2.24, 2.45) is 0 Å². The van der Waals surface area contributed by atoms with Gasteiger partial charge in [0.25, 0.3) is 0 Å². The minimum absolute atomic E-state index is 0.133. The highest BCUT2D eigenvalue weighted by Crippen LogP contribution is 2.31. The van der Waals surface area contributed by atoms with Gasteiger partial charge in [0.05, 0.1) is 18.5 Å². The number of carboxylic acid groups (broad SMARTS) is 1. The number of carbonyl (C=O) groups is 2. The Bertz CT molecular complexity index is 623. The monoisotopic (exact) mass is 325 g/mol. The number of piperazine rings is 1. The van der Waals surface area contributed by atoms with E-state index in [0.29, 0.717) is 25.2 Å². The van der Waals surface area contributed by atoms with Gasteiger partial charge < -0.3 is 25.4 Å². The molecule has 8 heteroatoms. The van der Waals surface area contributed by atoms with Crippen molar-refractivity contribution in [2.75, 3.05) is 37.4 Å². The smallest absolute Gasteiger partial charge is 0.407 e. The zero-order chi connectivity index (χ0) is 17.1. The standard InChI is InChI=1S/C15H20FN3O4/c1-3-9-8-18(15(21)22)6-7-19(9)11-5-4-10(17)13(16)12(11)14(20)23-2/h4-5,9H,3,6-8,17H2,1-2H3,(H,21,22)/t9-/m1/s1. The van der Waals surface area contributed by atoms with Crippen molar-refractivity contribution in [3.63, 3.8) is 0 Å². The van der Waals surface area contributed by atoms with Gasteiger partial charge in [-0.2, -0.15) is 0 Å². The molecule has 2 rings (SSSR count). The highest BCUT2D eigenvalue weighted by atomic mass is 19.1. The van der Waals surface area contributed by atoms with Crippen molar-refractivity contribution in [3.05, 3.63) is 23.5 Å². The summed E-state index contributed by atoms with van der Waals surface area (Å²) in [6.07, 6.45) is -0.337. The van der Waals surface area contributed by atoms with Crippen LogP contribution in [0.3, 0.4) is 0 Å². The van der Waals surface area contributed by atoms with E-state index in [2.05, 4.69) is 4.74 Å². The first kappa shape index (κ1) is 16.9. The first-order chi connectivity index (χ1) is 10.9. The van der Waals surface area contributed by atoms with Crippen LogP contribution in [0.4, 0.5) is 20.6 Å². The van der Waals surface area contributed by atoms with Crippen molar-refractivity contribution < 1.29 is 23.8 Å². The molecular weight excluding hydrogens is 305 g/mol. The number of hydrogen-bond donors (Lipinski definition) is 2.